The molecule has 0 radical (unpaired) electrons. The van der Waals surface area contributed by atoms with Crippen LogP contribution in [0, 0.1) is 0 Å². The number of aliphatic carboxylic acids is 1. The van der Waals surface area contributed by atoms with Gasteiger partial charge in [-0.2, -0.15) is 0 Å². The van der Waals surface area contributed by atoms with Crippen LogP contribution in [-0.4, -0.2) is 11.1 Å². The SMILES string of the molecule is O=C(O)Cc1ccc2c(c1)CCc1ccccc1C2. The van der Waals surface area contributed by atoms with E-state index in [4.69, 9.17) is 5.11 Å². The van der Waals surface area contributed by atoms with Crippen molar-refractivity contribution in [2.45, 2.75) is 25.7 Å². The van der Waals surface area contributed by atoms with Gasteiger partial charge in [0.15, 0.2) is 0 Å². The molecule has 0 unspecified atom stereocenters. The molecule has 2 aromatic rings. The van der Waals surface area contributed by atoms with E-state index in [0.29, 0.717) is 0 Å². The van der Waals surface area contributed by atoms with Gasteiger partial charge in [0.1, 0.15) is 0 Å². The van der Waals surface area contributed by atoms with Gasteiger partial charge in [0, 0.05) is 0 Å². The molecule has 19 heavy (non-hydrogen) atoms. The van der Waals surface area contributed by atoms with E-state index in [0.717, 1.165) is 24.8 Å². The van der Waals surface area contributed by atoms with Gasteiger partial charge < -0.3 is 5.11 Å². The van der Waals surface area contributed by atoms with Gasteiger partial charge >= 0.3 is 5.97 Å². The fourth-order valence-corrected chi connectivity index (χ4v) is 2.82. The third kappa shape index (κ3) is 2.53. The fourth-order valence-electron chi connectivity index (χ4n) is 2.82. The predicted octanol–water partition coefficient (Wildman–Crippen LogP) is 3.00. The summed E-state index contributed by atoms with van der Waals surface area (Å²) < 4.78 is 0. The zero-order chi connectivity index (χ0) is 13.2. The molecule has 0 heterocycles. The third-order valence-electron chi connectivity index (χ3n) is 3.79. The number of aryl methyl sites for hydroxylation is 2. The van der Waals surface area contributed by atoms with Crippen LogP contribution >= 0.6 is 0 Å². The number of benzene rings is 2. The number of hydrogen-bond donors (Lipinski definition) is 1. The molecule has 0 saturated carbocycles. The first-order chi connectivity index (χ1) is 9.22. The second-order valence-electron chi connectivity index (χ2n) is 5.12. The first-order valence-electron chi connectivity index (χ1n) is 6.61. The standard InChI is InChI=1S/C17H16O2/c18-17(19)10-12-5-6-16-11-14-4-2-1-3-13(14)7-8-15(16)9-12/h1-6,9H,7-8,10-11H2,(H,18,19). The Morgan fingerprint density at radius 3 is 2.42 bits per heavy atom. The van der Waals surface area contributed by atoms with E-state index in [1.54, 1.807) is 0 Å². The fraction of sp³-hybridized carbons (Fsp3) is 0.235. The highest BCUT2D eigenvalue weighted by Crippen LogP contribution is 2.25. The Kier molecular flexibility index (Phi) is 3.08. The molecule has 2 nitrogen and oxygen atoms in total. The Bertz CT molecular complexity index is 629. The average molecular weight is 252 g/mol. The molecule has 1 aliphatic carbocycles. The van der Waals surface area contributed by atoms with Crippen LogP contribution in [0.25, 0.3) is 0 Å². The number of carboxylic acid groups (broad SMARTS) is 1. The van der Waals surface area contributed by atoms with Gasteiger partial charge in [-0.05, 0) is 47.1 Å². The van der Waals surface area contributed by atoms with Crippen molar-refractivity contribution < 1.29 is 9.90 Å². The molecule has 1 N–H and O–H groups in total. The van der Waals surface area contributed by atoms with E-state index in [1.165, 1.54) is 22.3 Å². The van der Waals surface area contributed by atoms with Crippen molar-refractivity contribution in [2.24, 2.45) is 0 Å². The first-order valence-corrected chi connectivity index (χ1v) is 6.61. The summed E-state index contributed by atoms with van der Waals surface area (Å²) in [4.78, 5) is 10.8. The van der Waals surface area contributed by atoms with E-state index in [-0.39, 0.29) is 6.42 Å². The highest BCUT2D eigenvalue weighted by atomic mass is 16.4. The topological polar surface area (TPSA) is 37.3 Å². The molecule has 0 aromatic heterocycles. The maximum absolute atomic E-state index is 10.8. The molecule has 96 valence electrons. The van der Waals surface area contributed by atoms with Crippen molar-refractivity contribution in [3.63, 3.8) is 0 Å². The Balaban J connectivity index is 1.95. The van der Waals surface area contributed by atoms with Crippen molar-refractivity contribution in [3.05, 3.63) is 70.3 Å². The molecule has 1 aliphatic rings. The number of rotatable bonds is 2. The van der Waals surface area contributed by atoms with Gasteiger partial charge in [0.2, 0.25) is 0 Å². The molecular weight excluding hydrogens is 236 g/mol. The maximum atomic E-state index is 10.8. The van der Waals surface area contributed by atoms with Crippen molar-refractivity contribution in [1.82, 2.24) is 0 Å². The predicted molar refractivity (Wildman–Crippen MR) is 74.4 cm³/mol. The lowest BCUT2D eigenvalue weighted by molar-refractivity contribution is -0.136. The minimum Gasteiger partial charge on any atom is -0.481 e. The lowest BCUT2D eigenvalue weighted by Crippen LogP contribution is -2.02. The molecule has 3 rings (SSSR count). The van der Waals surface area contributed by atoms with Gasteiger partial charge in [-0.3, -0.25) is 4.79 Å². The number of carboxylic acids is 1. The van der Waals surface area contributed by atoms with Crippen LogP contribution in [0.2, 0.25) is 0 Å². The monoisotopic (exact) mass is 252 g/mol. The summed E-state index contributed by atoms with van der Waals surface area (Å²) in [7, 11) is 0. The van der Waals surface area contributed by atoms with Crippen LogP contribution < -0.4 is 0 Å². The minimum absolute atomic E-state index is 0.111. The molecule has 0 aliphatic heterocycles. The molecule has 0 atom stereocenters. The molecule has 0 spiro atoms. The quantitative estimate of drug-likeness (QED) is 0.892. The summed E-state index contributed by atoms with van der Waals surface area (Å²) in [5.41, 5.74) is 6.34. The lowest BCUT2D eigenvalue weighted by atomic mass is 9.98. The molecule has 0 fully saturated rings. The van der Waals surface area contributed by atoms with Crippen molar-refractivity contribution >= 4 is 5.97 Å². The second kappa shape index (κ2) is 4.88. The summed E-state index contributed by atoms with van der Waals surface area (Å²) in [6, 6.07) is 14.7. The van der Waals surface area contributed by atoms with Gasteiger partial charge in [0.25, 0.3) is 0 Å². The Morgan fingerprint density at radius 2 is 1.63 bits per heavy atom. The first kappa shape index (κ1) is 12.0. The van der Waals surface area contributed by atoms with Gasteiger partial charge in [-0.15, -0.1) is 0 Å². The largest absolute Gasteiger partial charge is 0.481 e. The second-order valence-corrected chi connectivity index (χ2v) is 5.12. The Hall–Kier alpha value is -2.09. The normalized spacial score (nSPS) is 13.3. The van der Waals surface area contributed by atoms with Crippen LogP contribution in [0.4, 0.5) is 0 Å². The zero-order valence-electron chi connectivity index (χ0n) is 10.7. The van der Waals surface area contributed by atoms with Crippen molar-refractivity contribution in [2.75, 3.05) is 0 Å². The number of carbonyl (C=O) groups is 1. The summed E-state index contributed by atoms with van der Waals surface area (Å²) in [6.45, 7) is 0. The highest BCUT2D eigenvalue weighted by Gasteiger charge is 2.13. The Morgan fingerprint density at radius 1 is 0.947 bits per heavy atom. The van der Waals surface area contributed by atoms with E-state index < -0.39 is 5.97 Å². The zero-order valence-corrected chi connectivity index (χ0v) is 10.7. The van der Waals surface area contributed by atoms with Crippen LogP contribution in [0.15, 0.2) is 42.5 Å². The van der Waals surface area contributed by atoms with Gasteiger partial charge in [0.05, 0.1) is 6.42 Å². The van der Waals surface area contributed by atoms with Gasteiger partial charge in [-0.25, -0.2) is 0 Å². The maximum Gasteiger partial charge on any atom is 0.307 e. The summed E-state index contributed by atoms with van der Waals surface area (Å²) in [5, 5.41) is 8.87. The highest BCUT2D eigenvalue weighted by molar-refractivity contribution is 5.70. The van der Waals surface area contributed by atoms with Crippen molar-refractivity contribution in [1.29, 1.82) is 0 Å². The molecule has 0 saturated heterocycles. The van der Waals surface area contributed by atoms with Crippen LogP contribution in [0.1, 0.15) is 27.8 Å². The smallest absolute Gasteiger partial charge is 0.307 e. The third-order valence-corrected chi connectivity index (χ3v) is 3.79. The van der Waals surface area contributed by atoms with E-state index in [2.05, 4.69) is 36.4 Å². The number of fused-ring (bicyclic) bond motifs is 2. The molecule has 0 bridgehead atoms. The summed E-state index contributed by atoms with van der Waals surface area (Å²) in [6.07, 6.45) is 3.11. The molecule has 2 aromatic carbocycles. The summed E-state index contributed by atoms with van der Waals surface area (Å²) in [5.74, 6) is -0.767. The molecule has 0 amide bonds. The number of hydrogen-bond acceptors (Lipinski definition) is 1. The van der Waals surface area contributed by atoms with E-state index >= 15 is 0 Å². The Labute approximate surface area is 112 Å². The van der Waals surface area contributed by atoms with Crippen LogP contribution in [-0.2, 0) is 30.5 Å². The van der Waals surface area contributed by atoms with Crippen molar-refractivity contribution in [3.8, 4) is 0 Å². The van der Waals surface area contributed by atoms with Crippen LogP contribution in [0.5, 0.6) is 0 Å². The minimum atomic E-state index is -0.767. The summed E-state index contributed by atoms with van der Waals surface area (Å²) >= 11 is 0. The lowest BCUT2D eigenvalue weighted by Gasteiger charge is -2.08. The van der Waals surface area contributed by atoms with Crippen LogP contribution in [0.3, 0.4) is 0 Å². The molecular formula is C17H16O2. The average Bonchev–Trinajstić information content (AvgIpc) is 2.57. The van der Waals surface area contributed by atoms with E-state index in [1.807, 2.05) is 6.07 Å². The van der Waals surface area contributed by atoms with Gasteiger partial charge in [-0.1, -0.05) is 42.5 Å². The van der Waals surface area contributed by atoms with E-state index in [9.17, 15) is 4.79 Å². The molecule has 2 heteroatoms.